The lowest BCUT2D eigenvalue weighted by Gasteiger charge is -2.19. The molecule has 0 fully saturated rings. The van der Waals surface area contributed by atoms with Gasteiger partial charge < -0.3 is 24.7 Å². The number of alkyl carbamates (subject to hydrolysis) is 1. The van der Waals surface area contributed by atoms with E-state index in [1.54, 1.807) is 24.2 Å². The summed E-state index contributed by atoms with van der Waals surface area (Å²) in [5, 5.41) is 5.43. The van der Waals surface area contributed by atoms with E-state index in [-0.39, 0.29) is 12.5 Å². The first-order chi connectivity index (χ1) is 10.8. The van der Waals surface area contributed by atoms with Crippen molar-refractivity contribution in [3.8, 4) is 0 Å². The van der Waals surface area contributed by atoms with E-state index in [1.165, 1.54) is 0 Å². The number of rotatable bonds is 8. The number of carbonyl (C=O) groups excluding carboxylic acids is 2. The Labute approximate surface area is 136 Å². The van der Waals surface area contributed by atoms with Gasteiger partial charge in [-0.3, -0.25) is 4.79 Å². The highest BCUT2D eigenvalue weighted by Crippen LogP contribution is 2.06. The van der Waals surface area contributed by atoms with Gasteiger partial charge in [0.05, 0.1) is 12.9 Å². The summed E-state index contributed by atoms with van der Waals surface area (Å²) in [5.41, 5.74) is 0.342. The third-order valence-electron chi connectivity index (χ3n) is 2.79. The van der Waals surface area contributed by atoms with Crippen molar-refractivity contribution in [1.82, 2.24) is 20.2 Å². The molecule has 0 aliphatic rings. The fourth-order valence-electron chi connectivity index (χ4n) is 1.81. The Kier molecular flexibility index (Phi) is 7.53. The molecule has 0 atom stereocenters. The molecule has 0 spiro atoms. The van der Waals surface area contributed by atoms with Gasteiger partial charge in [0.25, 0.3) is 0 Å². The van der Waals surface area contributed by atoms with E-state index in [9.17, 15) is 9.59 Å². The van der Waals surface area contributed by atoms with Gasteiger partial charge >= 0.3 is 6.09 Å². The molecule has 8 nitrogen and oxygen atoms in total. The Balaban J connectivity index is 2.37. The van der Waals surface area contributed by atoms with Gasteiger partial charge in [-0.2, -0.15) is 0 Å². The van der Waals surface area contributed by atoms with Gasteiger partial charge in [0.15, 0.2) is 0 Å². The SMILES string of the molecule is COCCNC(=O)Cn1cncc1CCNC(=O)OC(C)(C)C. The first-order valence-corrected chi connectivity index (χ1v) is 7.53. The molecule has 2 N–H and O–H groups in total. The molecule has 0 radical (unpaired) electrons. The van der Waals surface area contributed by atoms with E-state index in [0.29, 0.717) is 26.1 Å². The molecule has 0 unspecified atom stereocenters. The molecule has 0 saturated heterocycles. The zero-order valence-electron chi connectivity index (χ0n) is 14.2. The van der Waals surface area contributed by atoms with Crippen LogP contribution in [0.3, 0.4) is 0 Å². The predicted molar refractivity (Wildman–Crippen MR) is 85.1 cm³/mol. The van der Waals surface area contributed by atoms with Crippen molar-refractivity contribution >= 4 is 12.0 Å². The van der Waals surface area contributed by atoms with Crippen LogP contribution in [0.15, 0.2) is 12.5 Å². The van der Waals surface area contributed by atoms with Crippen molar-refractivity contribution in [2.24, 2.45) is 0 Å². The van der Waals surface area contributed by atoms with Gasteiger partial charge in [-0.25, -0.2) is 9.78 Å². The van der Waals surface area contributed by atoms with Crippen LogP contribution in [-0.4, -0.2) is 54.0 Å². The lowest BCUT2D eigenvalue weighted by Crippen LogP contribution is -2.34. The molecular weight excluding hydrogens is 300 g/mol. The molecule has 1 rings (SSSR count). The number of methoxy groups -OCH3 is 1. The highest BCUT2D eigenvalue weighted by molar-refractivity contribution is 5.75. The van der Waals surface area contributed by atoms with E-state index in [4.69, 9.17) is 9.47 Å². The number of aromatic nitrogens is 2. The van der Waals surface area contributed by atoms with Crippen molar-refractivity contribution in [1.29, 1.82) is 0 Å². The zero-order valence-corrected chi connectivity index (χ0v) is 14.2. The summed E-state index contributed by atoms with van der Waals surface area (Å²) in [5.74, 6) is -0.110. The molecule has 0 aromatic carbocycles. The van der Waals surface area contributed by atoms with E-state index in [0.717, 1.165) is 5.69 Å². The lowest BCUT2D eigenvalue weighted by atomic mass is 10.2. The molecule has 1 aromatic heterocycles. The number of hydrogen-bond acceptors (Lipinski definition) is 5. The summed E-state index contributed by atoms with van der Waals surface area (Å²) in [4.78, 5) is 27.4. The zero-order chi connectivity index (χ0) is 17.3. The number of nitrogens with one attached hydrogen (secondary N) is 2. The molecule has 8 heteroatoms. The summed E-state index contributed by atoms with van der Waals surface area (Å²) in [6, 6.07) is 0. The predicted octanol–water partition coefficient (Wildman–Crippen LogP) is 0.713. The van der Waals surface area contributed by atoms with E-state index < -0.39 is 11.7 Å². The van der Waals surface area contributed by atoms with Gasteiger partial charge in [0.1, 0.15) is 12.1 Å². The Morgan fingerprint density at radius 3 is 2.65 bits per heavy atom. The minimum atomic E-state index is -0.522. The minimum absolute atomic E-state index is 0.110. The molecule has 0 aliphatic carbocycles. The van der Waals surface area contributed by atoms with E-state index >= 15 is 0 Å². The number of hydrogen-bond donors (Lipinski definition) is 2. The fraction of sp³-hybridized carbons (Fsp3) is 0.667. The quantitative estimate of drug-likeness (QED) is 0.686. The smallest absolute Gasteiger partial charge is 0.407 e. The molecule has 1 aromatic rings. The van der Waals surface area contributed by atoms with Crippen LogP contribution in [0.25, 0.3) is 0 Å². The van der Waals surface area contributed by atoms with Crippen molar-refractivity contribution in [3.05, 3.63) is 18.2 Å². The first-order valence-electron chi connectivity index (χ1n) is 7.53. The Hall–Kier alpha value is -2.09. The van der Waals surface area contributed by atoms with Crippen LogP contribution >= 0.6 is 0 Å². The fourth-order valence-corrected chi connectivity index (χ4v) is 1.81. The number of carbonyl (C=O) groups is 2. The van der Waals surface area contributed by atoms with Crippen LogP contribution in [-0.2, 0) is 27.2 Å². The van der Waals surface area contributed by atoms with Gasteiger partial charge in [-0.1, -0.05) is 0 Å². The molecule has 0 saturated carbocycles. The first kappa shape index (κ1) is 19.0. The average Bonchev–Trinajstić information content (AvgIpc) is 2.84. The summed E-state index contributed by atoms with van der Waals surface area (Å²) < 4.78 is 11.8. The second kappa shape index (κ2) is 9.14. The average molecular weight is 326 g/mol. The van der Waals surface area contributed by atoms with Crippen LogP contribution in [0.1, 0.15) is 26.5 Å². The molecule has 1 heterocycles. The maximum atomic E-state index is 11.8. The normalized spacial score (nSPS) is 11.1. The number of imidazole rings is 1. The van der Waals surface area contributed by atoms with Crippen molar-refractivity contribution in [2.75, 3.05) is 26.8 Å². The second-order valence-electron chi connectivity index (χ2n) is 6.03. The maximum absolute atomic E-state index is 11.8. The summed E-state index contributed by atoms with van der Waals surface area (Å²) in [7, 11) is 1.58. The third-order valence-corrected chi connectivity index (χ3v) is 2.79. The highest BCUT2D eigenvalue weighted by Gasteiger charge is 2.15. The number of nitrogens with zero attached hydrogens (tertiary/aromatic N) is 2. The topological polar surface area (TPSA) is 94.5 Å². The molecule has 0 bridgehead atoms. The van der Waals surface area contributed by atoms with Crippen LogP contribution in [0.5, 0.6) is 0 Å². The number of ether oxygens (including phenoxy) is 2. The van der Waals surface area contributed by atoms with Gasteiger partial charge in [-0.15, -0.1) is 0 Å². The molecular formula is C15H26N4O4. The van der Waals surface area contributed by atoms with Crippen molar-refractivity contribution in [2.45, 2.75) is 39.3 Å². The lowest BCUT2D eigenvalue weighted by molar-refractivity contribution is -0.121. The van der Waals surface area contributed by atoms with Crippen LogP contribution < -0.4 is 10.6 Å². The van der Waals surface area contributed by atoms with Gasteiger partial charge in [-0.05, 0) is 20.8 Å². The minimum Gasteiger partial charge on any atom is -0.444 e. The number of amides is 2. The monoisotopic (exact) mass is 326 g/mol. The Morgan fingerprint density at radius 2 is 2.00 bits per heavy atom. The van der Waals surface area contributed by atoms with Crippen LogP contribution in [0.2, 0.25) is 0 Å². The summed E-state index contributed by atoms with van der Waals surface area (Å²) in [6.45, 7) is 6.97. The molecule has 2 amide bonds. The van der Waals surface area contributed by atoms with Crippen molar-refractivity contribution in [3.63, 3.8) is 0 Å². The highest BCUT2D eigenvalue weighted by atomic mass is 16.6. The summed E-state index contributed by atoms with van der Waals surface area (Å²) >= 11 is 0. The maximum Gasteiger partial charge on any atom is 0.407 e. The molecule has 130 valence electrons. The molecule has 23 heavy (non-hydrogen) atoms. The van der Waals surface area contributed by atoms with Gasteiger partial charge in [0.2, 0.25) is 5.91 Å². The van der Waals surface area contributed by atoms with E-state index in [2.05, 4.69) is 15.6 Å². The van der Waals surface area contributed by atoms with Gasteiger partial charge in [0, 0.05) is 38.5 Å². The largest absolute Gasteiger partial charge is 0.444 e. The summed E-state index contributed by atoms with van der Waals surface area (Å²) in [6.07, 6.45) is 3.38. The second-order valence-corrected chi connectivity index (χ2v) is 6.03. The van der Waals surface area contributed by atoms with E-state index in [1.807, 2.05) is 20.8 Å². The standard InChI is InChI=1S/C15H26N4O4/c1-15(2,3)23-14(21)18-6-5-12-9-16-11-19(12)10-13(20)17-7-8-22-4/h9,11H,5-8,10H2,1-4H3,(H,17,20)(H,18,21). The van der Waals surface area contributed by atoms with Crippen LogP contribution in [0, 0.1) is 0 Å². The Morgan fingerprint density at radius 1 is 1.26 bits per heavy atom. The third kappa shape index (κ3) is 8.20. The Bertz CT molecular complexity index is 508. The van der Waals surface area contributed by atoms with Crippen LogP contribution in [0.4, 0.5) is 4.79 Å². The van der Waals surface area contributed by atoms with Crippen molar-refractivity contribution < 1.29 is 19.1 Å². The molecule has 0 aliphatic heterocycles.